The third-order valence-corrected chi connectivity index (χ3v) is 5.01. The fourth-order valence-corrected chi connectivity index (χ4v) is 3.90. The lowest BCUT2D eigenvalue weighted by Gasteiger charge is -1.99. The lowest BCUT2D eigenvalue weighted by Crippen LogP contribution is -1.86. The van der Waals surface area contributed by atoms with Crippen LogP contribution in [-0.2, 0) is 5.75 Å². The maximum Gasteiger partial charge on any atom is 0.181 e. The first kappa shape index (κ1) is 11.2. The standard InChI is InChI=1S/C10H7BrN4S2/c11-7-2-1-6(17-7)3-16-10-8-9(13-4-12-8)14-5-15-10/h1-2,4-5H,3H2,(H,12,13,14,15). The molecule has 0 radical (unpaired) electrons. The zero-order valence-electron chi connectivity index (χ0n) is 8.55. The van der Waals surface area contributed by atoms with E-state index >= 15 is 0 Å². The van der Waals surface area contributed by atoms with Crippen LogP contribution in [-0.4, -0.2) is 19.9 Å². The Morgan fingerprint density at radius 3 is 3.06 bits per heavy atom. The number of hydrogen-bond donors (Lipinski definition) is 1. The van der Waals surface area contributed by atoms with Crippen LogP contribution in [0.5, 0.6) is 0 Å². The van der Waals surface area contributed by atoms with E-state index < -0.39 is 0 Å². The van der Waals surface area contributed by atoms with Crippen LogP contribution in [0.3, 0.4) is 0 Å². The second kappa shape index (κ2) is 4.75. The summed E-state index contributed by atoms with van der Waals surface area (Å²) in [6.07, 6.45) is 3.20. The molecule has 0 fully saturated rings. The van der Waals surface area contributed by atoms with E-state index in [1.54, 1.807) is 35.8 Å². The van der Waals surface area contributed by atoms with Crippen LogP contribution in [0.4, 0.5) is 0 Å². The van der Waals surface area contributed by atoms with Crippen molar-refractivity contribution in [1.82, 2.24) is 19.9 Å². The van der Waals surface area contributed by atoms with E-state index in [0.717, 1.165) is 25.7 Å². The molecular formula is C10H7BrN4S2. The molecule has 17 heavy (non-hydrogen) atoms. The number of thiophene rings is 1. The summed E-state index contributed by atoms with van der Waals surface area (Å²) in [6, 6.07) is 4.18. The van der Waals surface area contributed by atoms with Crippen molar-refractivity contribution in [3.63, 3.8) is 0 Å². The molecule has 3 rings (SSSR count). The van der Waals surface area contributed by atoms with Crippen molar-refractivity contribution in [1.29, 1.82) is 0 Å². The predicted octanol–water partition coefficient (Wildman–Crippen LogP) is 3.47. The minimum atomic E-state index is 0.717. The van der Waals surface area contributed by atoms with Crippen molar-refractivity contribution in [2.24, 2.45) is 0 Å². The van der Waals surface area contributed by atoms with Crippen molar-refractivity contribution in [3.8, 4) is 0 Å². The van der Waals surface area contributed by atoms with Crippen LogP contribution in [0.15, 0.2) is 33.6 Å². The number of thioether (sulfide) groups is 1. The zero-order valence-corrected chi connectivity index (χ0v) is 11.8. The summed E-state index contributed by atoms with van der Waals surface area (Å²) < 4.78 is 1.16. The molecule has 0 amide bonds. The fourth-order valence-electron chi connectivity index (χ4n) is 1.42. The van der Waals surface area contributed by atoms with Crippen LogP contribution in [0.25, 0.3) is 11.2 Å². The number of fused-ring (bicyclic) bond motifs is 1. The normalized spacial score (nSPS) is 11.1. The molecule has 0 aromatic carbocycles. The van der Waals surface area contributed by atoms with E-state index in [2.05, 4.69) is 48.0 Å². The summed E-state index contributed by atoms with van der Waals surface area (Å²) in [4.78, 5) is 16.9. The second-order valence-electron chi connectivity index (χ2n) is 3.27. The molecule has 0 aliphatic rings. The summed E-state index contributed by atoms with van der Waals surface area (Å²) in [7, 11) is 0. The van der Waals surface area contributed by atoms with E-state index in [-0.39, 0.29) is 0 Å². The van der Waals surface area contributed by atoms with E-state index in [1.165, 1.54) is 4.88 Å². The quantitative estimate of drug-likeness (QED) is 0.591. The molecule has 7 heteroatoms. The SMILES string of the molecule is Brc1ccc(CSc2ncnc3nc[nH]c23)s1. The van der Waals surface area contributed by atoms with E-state index in [4.69, 9.17) is 0 Å². The summed E-state index contributed by atoms with van der Waals surface area (Å²) in [6.45, 7) is 0. The molecule has 0 bridgehead atoms. The Morgan fingerprint density at radius 1 is 1.29 bits per heavy atom. The number of H-pyrrole nitrogens is 1. The number of rotatable bonds is 3. The van der Waals surface area contributed by atoms with E-state index in [0.29, 0.717) is 0 Å². The summed E-state index contributed by atoms with van der Waals surface area (Å²) >= 11 is 6.89. The number of nitrogens with one attached hydrogen (secondary N) is 1. The highest BCUT2D eigenvalue weighted by molar-refractivity contribution is 9.11. The van der Waals surface area contributed by atoms with Gasteiger partial charge in [0.05, 0.1) is 10.1 Å². The van der Waals surface area contributed by atoms with Gasteiger partial charge in [0.15, 0.2) is 5.65 Å². The number of aromatic nitrogens is 4. The first-order valence-corrected chi connectivity index (χ1v) is 7.43. The molecule has 3 aromatic heterocycles. The van der Waals surface area contributed by atoms with Crippen molar-refractivity contribution < 1.29 is 0 Å². The van der Waals surface area contributed by atoms with Crippen molar-refractivity contribution in [2.75, 3.05) is 0 Å². The topological polar surface area (TPSA) is 54.5 Å². The Labute approximate surface area is 114 Å². The molecule has 86 valence electrons. The Bertz CT molecular complexity index is 648. The third-order valence-electron chi connectivity index (χ3n) is 2.17. The molecule has 0 unspecified atom stereocenters. The van der Waals surface area contributed by atoms with Gasteiger partial charge in [-0.25, -0.2) is 15.0 Å². The average molecular weight is 327 g/mol. The monoisotopic (exact) mass is 326 g/mol. The third kappa shape index (κ3) is 2.36. The second-order valence-corrected chi connectivity index (χ2v) is 6.79. The van der Waals surface area contributed by atoms with Gasteiger partial charge in [0.25, 0.3) is 0 Å². The largest absolute Gasteiger partial charge is 0.341 e. The summed E-state index contributed by atoms with van der Waals surface area (Å²) in [5.41, 5.74) is 1.63. The molecule has 0 atom stereocenters. The van der Waals surface area contributed by atoms with Gasteiger partial charge in [-0.05, 0) is 28.1 Å². The van der Waals surface area contributed by atoms with Crippen LogP contribution in [0.1, 0.15) is 4.88 Å². The van der Waals surface area contributed by atoms with Gasteiger partial charge in [-0.1, -0.05) is 11.8 Å². The highest BCUT2D eigenvalue weighted by atomic mass is 79.9. The molecule has 3 heterocycles. The van der Waals surface area contributed by atoms with Crippen LogP contribution < -0.4 is 0 Å². The predicted molar refractivity (Wildman–Crippen MR) is 73.3 cm³/mol. The number of hydrogen-bond acceptors (Lipinski definition) is 5. The van der Waals surface area contributed by atoms with Gasteiger partial charge >= 0.3 is 0 Å². The number of nitrogens with zero attached hydrogens (tertiary/aromatic N) is 3. The fraction of sp³-hybridized carbons (Fsp3) is 0.100. The van der Waals surface area contributed by atoms with E-state index in [9.17, 15) is 0 Å². The van der Waals surface area contributed by atoms with Gasteiger partial charge in [0.1, 0.15) is 16.9 Å². The maximum absolute atomic E-state index is 4.27. The molecule has 3 aromatic rings. The van der Waals surface area contributed by atoms with Crippen molar-refractivity contribution in [2.45, 2.75) is 10.8 Å². The first-order valence-electron chi connectivity index (χ1n) is 4.84. The molecule has 0 spiro atoms. The molecule has 1 N–H and O–H groups in total. The van der Waals surface area contributed by atoms with E-state index in [1.807, 2.05) is 0 Å². The Hall–Kier alpha value is -0.920. The van der Waals surface area contributed by atoms with Gasteiger partial charge in [-0.2, -0.15) is 0 Å². The smallest absolute Gasteiger partial charge is 0.181 e. The number of aromatic amines is 1. The van der Waals surface area contributed by atoms with Crippen molar-refractivity contribution in [3.05, 3.63) is 33.5 Å². The highest BCUT2D eigenvalue weighted by Gasteiger charge is 2.07. The number of halogens is 1. The number of imidazole rings is 1. The molecular weight excluding hydrogens is 320 g/mol. The zero-order chi connectivity index (χ0) is 11.7. The molecule has 0 saturated heterocycles. The lowest BCUT2D eigenvalue weighted by molar-refractivity contribution is 1.08. The van der Waals surface area contributed by atoms with Gasteiger partial charge in [0, 0.05) is 10.6 Å². The Morgan fingerprint density at radius 2 is 2.24 bits per heavy atom. The van der Waals surface area contributed by atoms with Crippen LogP contribution in [0, 0.1) is 0 Å². The minimum absolute atomic E-state index is 0.717. The summed E-state index contributed by atoms with van der Waals surface area (Å²) in [5, 5.41) is 0.942. The maximum atomic E-state index is 4.27. The van der Waals surface area contributed by atoms with Gasteiger partial charge in [0.2, 0.25) is 0 Å². The minimum Gasteiger partial charge on any atom is -0.341 e. The van der Waals surface area contributed by atoms with Crippen LogP contribution in [0.2, 0.25) is 0 Å². The average Bonchev–Trinajstić information content (AvgIpc) is 2.94. The first-order chi connectivity index (χ1) is 8.33. The Balaban J connectivity index is 1.83. The Kier molecular flexibility index (Phi) is 3.13. The van der Waals surface area contributed by atoms with Crippen LogP contribution >= 0.6 is 39.0 Å². The summed E-state index contributed by atoms with van der Waals surface area (Å²) in [5.74, 6) is 0.904. The lowest BCUT2D eigenvalue weighted by atomic mass is 10.5. The molecule has 4 nitrogen and oxygen atoms in total. The highest BCUT2D eigenvalue weighted by Crippen LogP contribution is 2.30. The molecule has 0 aliphatic carbocycles. The van der Waals surface area contributed by atoms with Crippen molar-refractivity contribution >= 4 is 50.2 Å². The molecule has 0 saturated carbocycles. The van der Waals surface area contributed by atoms with Gasteiger partial charge in [-0.15, -0.1) is 11.3 Å². The van der Waals surface area contributed by atoms with Gasteiger partial charge < -0.3 is 4.98 Å². The molecule has 0 aliphatic heterocycles. The van der Waals surface area contributed by atoms with Gasteiger partial charge in [-0.3, -0.25) is 0 Å².